The van der Waals surface area contributed by atoms with E-state index in [1.54, 1.807) is 32.3 Å². The first kappa shape index (κ1) is 17.1. The maximum Gasteiger partial charge on any atom is 0.253 e. The second kappa shape index (κ2) is 6.87. The van der Waals surface area contributed by atoms with Crippen LogP contribution in [0.3, 0.4) is 0 Å². The van der Waals surface area contributed by atoms with Crippen LogP contribution in [0.1, 0.15) is 25.5 Å². The van der Waals surface area contributed by atoms with Crippen molar-refractivity contribution >= 4 is 23.2 Å². The number of rotatable bonds is 4. The largest absolute Gasteiger partial charge is 0.504 e. The zero-order valence-electron chi connectivity index (χ0n) is 13.6. The number of thiocarbonyl (C=S) groups is 1. The topological polar surface area (TPSA) is 73.8 Å². The lowest BCUT2D eigenvalue weighted by atomic mass is 9.94. The number of benzene rings is 1. The maximum atomic E-state index is 12.5. The molecule has 0 aromatic heterocycles. The van der Waals surface area contributed by atoms with Crippen molar-refractivity contribution in [3.63, 3.8) is 0 Å². The molecule has 1 aromatic rings. The average molecular weight is 335 g/mol. The first-order valence-electron chi connectivity index (χ1n) is 7.30. The fourth-order valence-electron chi connectivity index (χ4n) is 2.45. The second-order valence-electron chi connectivity index (χ2n) is 5.43. The van der Waals surface area contributed by atoms with E-state index >= 15 is 0 Å². The molecule has 0 radical (unpaired) electrons. The summed E-state index contributed by atoms with van der Waals surface area (Å²) in [6, 6.07) is 4.62. The molecular formula is C16H21N3O3S. The Morgan fingerprint density at radius 1 is 1.43 bits per heavy atom. The Labute approximate surface area is 141 Å². The Hall–Kier alpha value is -2.28. The Morgan fingerprint density at radius 2 is 2.13 bits per heavy atom. The van der Waals surface area contributed by atoms with Crippen LogP contribution < -0.4 is 15.4 Å². The van der Waals surface area contributed by atoms with Crippen LogP contribution >= 0.6 is 12.2 Å². The summed E-state index contributed by atoms with van der Waals surface area (Å²) < 4.78 is 5.43. The molecule has 0 aliphatic carbocycles. The van der Waals surface area contributed by atoms with Crippen LogP contribution in [-0.2, 0) is 4.79 Å². The van der Waals surface area contributed by atoms with E-state index in [9.17, 15) is 9.90 Å². The number of allylic oxidation sites excluding steroid dienone is 1. The van der Waals surface area contributed by atoms with E-state index in [1.165, 1.54) is 4.90 Å². The molecule has 23 heavy (non-hydrogen) atoms. The van der Waals surface area contributed by atoms with Gasteiger partial charge in [0.25, 0.3) is 5.91 Å². The summed E-state index contributed by atoms with van der Waals surface area (Å²) in [6.45, 7) is 4.10. The minimum absolute atomic E-state index is 0.0632. The zero-order chi connectivity index (χ0) is 17.1. The summed E-state index contributed by atoms with van der Waals surface area (Å²) >= 11 is 5.21. The summed E-state index contributed by atoms with van der Waals surface area (Å²) in [7, 11) is 3.41. The third kappa shape index (κ3) is 3.56. The monoisotopic (exact) mass is 335 g/mol. The summed E-state index contributed by atoms with van der Waals surface area (Å²) in [4.78, 5) is 14.1. The third-order valence-electron chi connectivity index (χ3n) is 3.52. The summed E-state index contributed by atoms with van der Waals surface area (Å²) in [6.07, 6.45) is 0. The highest BCUT2D eigenvalue weighted by Gasteiger charge is 2.31. The number of nitrogens with one attached hydrogen (secondary N) is 2. The van der Waals surface area contributed by atoms with Gasteiger partial charge in [-0.1, -0.05) is 6.07 Å². The van der Waals surface area contributed by atoms with Gasteiger partial charge in [0, 0.05) is 19.8 Å². The normalized spacial score (nSPS) is 17.4. The number of carbonyl (C=O) groups is 1. The third-order valence-corrected chi connectivity index (χ3v) is 3.74. The standard InChI is InChI=1S/C16H21N3O3S/c1-5-22-12-8-10(6-7-11(12)20)14-13(15(21)19(3)4)9(2)17-16(23)18-14/h6-8,14,20H,5H2,1-4H3,(H2,17,18,23). The molecular weight excluding hydrogens is 314 g/mol. The van der Waals surface area contributed by atoms with Gasteiger partial charge in [0.2, 0.25) is 0 Å². The van der Waals surface area contributed by atoms with Crippen LogP contribution in [0.15, 0.2) is 29.5 Å². The highest BCUT2D eigenvalue weighted by molar-refractivity contribution is 7.80. The van der Waals surface area contributed by atoms with Crippen molar-refractivity contribution in [3.8, 4) is 11.5 Å². The number of nitrogens with zero attached hydrogens (tertiary/aromatic N) is 1. The molecule has 0 saturated heterocycles. The van der Waals surface area contributed by atoms with E-state index in [0.29, 0.717) is 28.7 Å². The predicted molar refractivity (Wildman–Crippen MR) is 92.3 cm³/mol. The molecule has 1 heterocycles. The van der Waals surface area contributed by atoms with Crippen molar-refractivity contribution < 1.29 is 14.6 Å². The van der Waals surface area contributed by atoms with Gasteiger partial charge in [-0.3, -0.25) is 4.79 Å². The summed E-state index contributed by atoms with van der Waals surface area (Å²) in [5, 5.41) is 16.4. The molecule has 1 amide bonds. The van der Waals surface area contributed by atoms with Gasteiger partial charge in [-0.25, -0.2) is 0 Å². The molecule has 0 saturated carbocycles. The molecule has 3 N–H and O–H groups in total. The van der Waals surface area contributed by atoms with Gasteiger partial charge >= 0.3 is 0 Å². The molecule has 0 spiro atoms. The van der Waals surface area contributed by atoms with Crippen LogP contribution in [0.2, 0.25) is 0 Å². The van der Waals surface area contributed by atoms with Gasteiger partial charge in [-0.2, -0.15) is 0 Å². The molecule has 7 heteroatoms. The smallest absolute Gasteiger partial charge is 0.253 e. The molecule has 1 atom stereocenters. The Bertz CT molecular complexity index is 671. The van der Waals surface area contributed by atoms with Crippen LogP contribution in [0.25, 0.3) is 0 Å². The van der Waals surface area contributed by atoms with E-state index in [0.717, 1.165) is 5.56 Å². The lowest BCUT2D eigenvalue weighted by molar-refractivity contribution is -0.125. The molecule has 2 rings (SSSR count). The number of carbonyl (C=O) groups excluding carboxylic acids is 1. The number of likely N-dealkylation sites (N-methyl/N-ethyl adjacent to an activating group) is 1. The Balaban J connectivity index is 2.50. The molecule has 1 unspecified atom stereocenters. The van der Waals surface area contributed by atoms with Crippen LogP contribution in [0, 0.1) is 0 Å². The summed E-state index contributed by atoms with van der Waals surface area (Å²) in [5.74, 6) is 0.333. The van der Waals surface area contributed by atoms with Crippen molar-refractivity contribution in [2.75, 3.05) is 20.7 Å². The van der Waals surface area contributed by atoms with Gasteiger partial charge < -0.3 is 25.4 Å². The molecule has 1 aliphatic rings. The average Bonchev–Trinajstić information content (AvgIpc) is 2.48. The Kier molecular flexibility index (Phi) is 5.10. The fraction of sp³-hybridized carbons (Fsp3) is 0.375. The minimum Gasteiger partial charge on any atom is -0.504 e. The molecule has 1 aromatic carbocycles. The van der Waals surface area contributed by atoms with Gasteiger partial charge in [0.1, 0.15) is 0 Å². The van der Waals surface area contributed by atoms with Gasteiger partial charge in [-0.05, 0) is 43.8 Å². The predicted octanol–water partition coefficient (Wildman–Crippen LogP) is 1.67. The number of ether oxygens (including phenoxy) is 1. The van der Waals surface area contributed by atoms with Crippen molar-refractivity contribution in [2.24, 2.45) is 0 Å². The fourth-order valence-corrected chi connectivity index (χ4v) is 2.72. The zero-order valence-corrected chi connectivity index (χ0v) is 14.5. The number of phenols is 1. The van der Waals surface area contributed by atoms with Gasteiger partial charge in [0.15, 0.2) is 16.6 Å². The number of amides is 1. The number of phenolic OH excluding ortho intramolecular Hbond substituents is 1. The van der Waals surface area contributed by atoms with Crippen LogP contribution in [0.4, 0.5) is 0 Å². The molecule has 124 valence electrons. The molecule has 6 nitrogen and oxygen atoms in total. The van der Waals surface area contributed by atoms with Crippen molar-refractivity contribution in [2.45, 2.75) is 19.9 Å². The molecule has 1 aliphatic heterocycles. The van der Waals surface area contributed by atoms with Gasteiger partial charge in [-0.15, -0.1) is 0 Å². The summed E-state index contributed by atoms with van der Waals surface area (Å²) in [5.41, 5.74) is 2.08. The second-order valence-corrected chi connectivity index (χ2v) is 5.84. The van der Waals surface area contributed by atoms with E-state index < -0.39 is 6.04 Å². The molecule has 0 bridgehead atoms. The van der Waals surface area contributed by atoms with Crippen molar-refractivity contribution in [1.82, 2.24) is 15.5 Å². The van der Waals surface area contributed by atoms with Crippen LogP contribution in [0.5, 0.6) is 11.5 Å². The minimum atomic E-state index is -0.404. The van der Waals surface area contributed by atoms with Crippen molar-refractivity contribution in [3.05, 3.63) is 35.0 Å². The number of aromatic hydroxyl groups is 1. The van der Waals surface area contributed by atoms with Crippen LogP contribution in [-0.4, -0.2) is 41.7 Å². The van der Waals surface area contributed by atoms with E-state index in [4.69, 9.17) is 17.0 Å². The lowest BCUT2D eigenvalue weighted by Gasteiger charge is -2.31. The SMILES string of the molecule is CCOc1cc(C2NC(=S)NC(C)=C2C(=O)N(C)C)ccc1O. The first-order chi connectivity index (χ1) is 10.8. The quantitative estimate of drug-likeness (QED) is 0.727. The lowest BCUT2D eigenvalue weighted by Crippen LogP contribution is -2.46. The maximum absolute atomic E-state index is 12.5. The van der Waals surface area contributed by atoms with E-state index in [-0.39, 0.29) is 11.7 Å². The first-order valence-corrected chi connectivity index (χ1v) is 7.71. The van der Waals surface area contributed by atoms with E-state index in [2.05, 4.69) is 10.6 Å². The van der Waals surface area contributed by atoms with E-state index in [1.807, 2.05) is 13.8 Å². The highest BCUT2D eigenvalue weighted by atomic mass is 32.1. The number of hydrogen-bond donors (Lipinski definition) is 3. The van der Waals surface area contributed by atoms with Crippen molar-refractivity contribution in [1.29, 1.82) is 0 Å². The number of hydrogen-bond acceptors (Lipinski definition) is 4. The van der Waals surface area contributed by atoms with Gasteiger partial charge in [0.05, 0.1) is 18.2 Å². The molecule has 0 fully saturated rings. The Morgan fingerprint density at radius 3 is 2.74 bits per heavy atom. The highest BCUT2D eigenvalue weighted by Crippen LogP contribution is 2.34.